The fraction of sp³-hybridized carbons (Fsp3) is 0.611. The summed E-state index contributed by atoms with van der Waals surface area (Å²) in [6, 6.07) is 1.88. The molecule has 0 spiro atoms. The molecule has 124 valence electrons. The van der Waals surface area contributed by atoms with Gasteiger partial charge in [-0.05, 0) is 50.6 Å². The average molecular weight is 326 g/mol. The van der Waals surface area contributed by atoms with Gasteiger partial charge in [0.05, 0.1) is 12.2 Å². The zero-order chi connectivity index (χ0) is 16.7. The Kier molecular flexibility index (Phi) is 7.91. The van der Waals surface area contributed by atoms with Gasteiger partial charge in [-0.25, -0.2) is 0 Å². The molecule has 0 aliphatic carbocycles. The van der Waals surface area contributed by atoms with Crippen molar-refractivity contribution in [3.8, 4) is 5.75 Å². The highest BCUT2D eigenvalue weighted by molar-refractivity contribution is 6.32. The number of rotatable bonds is 9. The molecule has 0 saturated carbocycles. The van der Waals surface area contributed by atoms with E-state index >= 15 is 0 Å². The maximum absolute atomic E-state index is 12.7. The molecule has 1 aromatic rings. The molecular weight excluding hydrogens is 298 g/mol. The largest absolute Gasteiger partial charge is 0.493 e. The van der Waals surface area contributed by atoms with Crippen molar-refractivity contribution < 1.29 is 9.53 Å². The van der Waals surface area contributed by atoms with Crippen LogP contribution in [-0.4, -0.2) is 36.9 Å². The molecule has 0 aliphatic heterocycles. The van der Waals surface area contributed by atoms with Crippen molar-refractivity contribution in [2.75, 3.05) is 26.2 Å². The number of Topliss-reactive ketones (excluding diaryl/α,β-unsaturated/α-hetero) is 1. The first kappa shape index (κ1) is 19.0. The summed E-state index contributed by atoms with van der Waals surface area (Å²) in [4.78, 5) is 14.9. The number of hydrogen-bond acceptors (Lipinski definition) is 3. The number of ether oxygens (including phenoxy) is 1. The van der Waals surface area contributed by atoms with E-state index in [4.69, 9.17) is 16.3 Å². The molecule has 0 atom stereocenters. The standard InChI is InChI=1S/C18H28ClNO2/c1-6-11-22-16-12-13(4)18(19)14(5)17(16)15(21)9-10-20(7-2)8-3/h12H,6-11H2,1-5H3. The molecule has 0 bridgehead atoms. The third kappa shape index (κ3) is 4.72. The molecule has 0 aliphatic rings. The van der Waals surface area contributed by atoms with Crippen molar-refractivity contribution in [1.82, 2.24) is 4.90 Å². The Balaban J connectivity index is 3.04. The van der Waals surface area contributed by atoms with Crippen LogP contribution in [0, 0.1) is 13.8 Å². The van der Waals surface area contributed by atoms with Crippen LogP contribution >= 0.6 is 11.6 Å². The van der Waals surface area contributed by atoms with Gasteiger partial charge < -0.3 is 9.64 Å². The average Bonchev–Trinajstić information content (AvgIpc) is 2.51. The third-order valence-electron chi connectivity index (χ3n) is 3.93. The van der Waals surface area contributed by atoms with E-state index in [1.807, 2.05) is 19.9 Å². The molecule has 22 heavy (non-hydrogen) atoms. The summed E-state index contributed by atoms with van der Waals surface area (Å²) >= 11 is 6.33. The van der Waals surface area contributed by atoms with Gasteiger partial charge >= 0.3 is 0 Å². The van der Waals surface area contributed by atoms with E-state index in [-0.39, 0.29) is 5.78 Å². The topological polar surface area (TPSA) is 29.5 Å². The molecule has 0 unspecified atom stereocenters. The highest BCUT2D eigenvalue weighted by atomic mass is 35.5. The summed E-state index contributed by atoms with van der Waals surface area (Å²) in [5, 5.41) is 0.662. The SMILES string of the molecule is CCCOc1cc(C)c(Cl)c(C)c1C(=O)CCN(CC)CC. The molecule has 0 heterocycles. The van der Waals surface area contributed by atoms with Crippen LogP contribution in [0.15, 0.2) is 6.07 Å². The monoisotopic (exact) mass is 325 g/mol. The summed E-state index contributed by atoms with van der Waals surface area (Å²) in [6.45, 7) is 13.4. The second-order valence-electron chi connectivity index (χ2n) is 5.55. The summed E-state index contributed by atoms with van der Waals surface area (Å²) < 4.78 is 5.79. The smallest absolute Gasteiger partial charge is 0.168 e. The maximum atomic E-state index is 12.7. The lowest BCUT2D eigenvalue weighted by atomic mass is 9.98. The van der Waals surface area contributed by atoms with Crippen LogP contribution in [0.2, 0.25) is 5.02 Å². The quantitative estimate of drug-likeness (QED) is 0.618. The molecule has 0 radical (unpaired) electrons. The van der Waals surface area contributed by atoms with E-state index in [0.717, 1.165) is 37.2 Å². The Hall–Kier alpha value is -1.06. The molecule has 0 saturated heterocycles. The van der Waals surface area contributed by atoms with Crippen LogP contribution in [0.3, 0.4) is 0 Å². The first-order valence-corrected chi connectivity index (χ1v) is 8.51. The van der Waals surface area contributed by atoms with Crippen LogP contribution in [0.5, 0.6) is 5.75 Å². The van der Waals surface area contributed by atoms with Crippen molar-refractivity contribution in [1.29, 1.82) is 0 Å². The predicted octanol–water partition coefficient (Wildman–Crippen LogP) is 4.66. The number of hydrogen-bond donors (Lipinski definition) is 0. The van der Waals surface area contributed by atoms with E-state index in [1.165, 1.54) is 0 Å². The summed E-state index contributed by atoms with van der Waals surface area (Å²) in [7, 11) is 0. The Labute approximate surface area is 139 Å². The Morgan fingerprint density at radius 3 is 2.41 bits per heavy atom. The molecular formula is C18H28ClNO2. The zero-order valence-electron chi connectivity index (χ0n) is 14.5. The van der Waals surface area contributed by atoms with Gasteiger partial charge in [-0.1, -0.05) is 32.4 Å². The number of carbonyl (C=O) groups is 1. The number of benzene rings is 1. The van der Waals surface area contributed by atoms with Gasteiger partial charge in [0.1, 0.15) is 5.75 Å². The molecule has 0 aromatic heterocycles. The second-order valence-corrected chi connectivity index (χ2v) is 5.93. The number of aryl methyl sites for hydroxylation is 1. The van der Waals surface area contributed by atoms with Gasteiger partial charge in [-0.2, -0.15) is 0 Å². The lowest BCUT2D eigenvalue weighted by Crippen LogP contribution is -2.26. The van der Waals surface area contributed by atoms with Gasteiger partial charge in [-0.15, -0.1) is 0 Å². The summed E-state index contributed by atoms with van der Waals surface area (Å²) in [6.07, 6.45) is 1.40. The van der Waals surface area contributed by atoms with Crippen molar-refractivity contribution in [3.05, 3.63) is 27.8 Å². The van der Waals surface area contributed by atoms with E-state index in [0.29, 0.717) is 29.4 Å². The Bertz CT molecular complexity index is 510. The van der Waals surface area contributed by atoms with Gasteiger partial charge in [-0.3, -0.25) is 4.79 Å². The molecule has 4 heteroatoms. The lowest BCUT2D eigenvalue weighted by Gasteiger charge is -2.19. The van der Waals surface area contributed by atoms with Gasteiger partial charge in [0.2, 0.25) is 0 Å². The number of carbonyl (C=O) groups excluding carboxylic acids is 1. The summed E-state index contributed by atoms with van der Waals surface area (Å²) in [5.74, 6) is 0.781. The van der Waals surface area contributed by atoms with Crippen LogP contribution in [0.1, 0.15) is 55.1 Å². The van der Waals surface area contributed by atoms with E-state index < -0.39 is 0 Å². The molecule has 3 nitrogen and oxygen atoms in total. The fourth-order valence-corrected chi connectivity index (χ4v) is 2.67. The van der Waals surface area contributed by atoms with Crippen LogP contribution in [0.4, 0.5) is 0 Å². The third-order valence-corrected chi connectivity index (χ3v) is 4.52. The number of nitrogens with zero attached hydrogens (tertiary/aromatic N) is 1. The fourth-order valence-electron chi connectivity index (χ4n) is 2.52. The van der Waals surface area contributed by atoms with Gasteiger partial charge in [0.15, 0.2) is 5.78 Å². The number of ketones is 1. The lowest BCUT2D eigenvalue weighted by molar-refractivity contribution is 0.0962. The minimum Gasteiger partial charge on any atom is -0.493 e. The van der Waals surface area contributed by atoms with Gasteiger partial charge in [0.25, 0.3) is 0 Å². The molecule has 0 amide bonds. The minimum absolute atomic E-state index is 0.109. The first-order valence-electron chi connectivity index (χ1n) is 8.14. The summed E-state index contributed by atoms with van der Waals surface area (Å²) in [5.41, 5.74) is 2.43. The molecule has 1 rings (SSSR count). The van der Waals surface area contributed by atoms with Crippen molar-refractivity contribution in [3.63, 3.8) is 0 Å². The van der Waals surface area contributed by atoms with E-state index in [1.54, 1.807) is 0 Å². The second kappa shape index (κ2) is 9.16. The minimum atomic E-state index is 0.109. The maximum Gasteiger partial charge on any atom is 0.168 e. The zero-order valence-corrected chi connectivity index (χ0v) is 15.2. The Morgan fingerprint density at radius 1 is 1.23 bits per heavy atom. The van der Waals surface area contributed by atoms with E-state index in [2.05, 4.69) is 25.7 Å². The van der Waals surface area contributed by atoms with Crippen molar-refractivity contribution in [2.24, 2.45) is 0 Å². The molecule has 0 N–H and O–H groups in total. The van der Waals surface area contributed by atoms with Crippen LogP contribution < -0.4 is 4.74 Å². The molecule has 1 aromatic carbocycles. The van der Waals surface area contributed by atoms with Crippen molar-refractivity contribution in [2.45, 2.75) is 47.5 Å². The number of halogens is 1. The van der Waals surface area contributed by atoms with Crippen LogP contribution in [-0.2, 0) is 0 Å². The van der Waals surface area contributed by atoms with Crippen LogP contribution in [0.25, 0.3) is 0 Å². The highest BCUT2D eigenvalue weighted by Gasteiger charge is 2.20. The van der Waals surface area contributed by atoms with Gasteiger partial charge in [0, 0.05) is 18.0 Å². The first-order chi connectivity index (χ1) is 10.5. The van der Waals surface area contributed by atoms with E-state index in [9.17, 15) is 4.79 Å². The highest BCUT2D eigenvalue weighted by Crippen LogP contribution is 2.32. The predicted molar refractivity (Wildman–Crippen MR) is 93.4 cm³/mol. The molecule has 0 fully saturated rings. The Morgan fingerprint density at radius 2 is 1.86 bits per heavy atom. The van der Waals surface area contributed by atoms with Crippen molar-refractivity contribution >= 4 is 17.4 Å². The normalized spacial score (nSPS) is 11.0.